The number of nitrogens with two attached hydrogens (primary N) is 1. The second-order valence-electron chi connectivity index (χ2n) is 6.34. The van der Waals surface area contributed by atoms with Gasteiger partial charge in [0.15, 0.2) is 5.69 Å². The summed E-state index contributed by atoms with van der Waals surface area (Å²) in [6, 6.07) is 7.33. The molecule has 0 radical (unpaired) electrons. The zero-order valence-corrected chi connectivity index (χ0v) is 13.2. The third kappa shape index (κ3) is 2.98. The summed E-state index contributed by atoms with van der Waals surface area (Å²) in [5, 5.41) is 10.6. The van der Waals surface area contributed by atoms with Gasteiger partial charge in [-0.05, 0) is 24.3 Å². The molecule has 0 saturated carbocycles. The summed E-state index contributed by atoms with van der Waals surface area (Å²) >= 11 is 0. The summed E-state index contributed by atoms with van der Waals surface area (Å²) in [4.78, 5) is 20.2. The monoisotopic (exact) mass is 310 g/mol. The molecule has 0 saturated heterocycles. The molecule has 0 aliphatic heterocycles. The quantitative estimate of drug-likeness (QED) is 0.688. The third-order valence-corrected chi connectivity index (χ3v) is 3.40. The Hall–Kier alpha value is -2.96. The summed E-state index contributed by atoms with van der Waals surface area (Å²) in [5.74, 6) is 0.878. The van der Waals surface area contributed by atoms with E-state index in [4.69, 9.17) is 5.73 Å². The molecule has 0 aliphatic carbocycles. The molecule has 23 heavy (non-hydrogen) atoms. The molecule has 3 rings (SSSR count). The van der Waals surface area contributed by atoms with Crippen molar-refractivity contribution in [2.24, 2.45) is 5.73 Å². The molecule has 1 amide bonds. The minimum Gasteiger partial charge on any atom is -0.364 e. The van der Waals surface area contributed by atoms with Gasteiger partial charge in [0.1, 0.15) is 11.6 Å². The van der Waals surface area contributed by atoms with Crippen LogP contribution in [0.4, 0.5) is 11.5 Å². The van der Waals surface area contributed by atoms with Crippen molar-refractivity contribution in [3.63, 3.8) is 0 Å². The van der Waals surface area contributed by atoms with Crippen molar-refractivity contribution in [3.8, 4) is 0 Å². The van der Waals surface area contributed by atoms with E-state index in [1.165, 1.54) is 0 Å². The van der Waals surface area contributed by atoms with Crippen LogP contribution in [0.2, 0.25) is 0 Å². The highest BCUT2D eigenvalue weighted by atomic mass is 16.1. The van der Waals surface area contributed by atoms with Crippen molar-refractivity contribution in [1.82, 2.24) is 20.2 Å². The van der Waals surface area contributed by atoms with Crippen molar-refractivity contribution < 1.29 is 4.79 Å². The van der Waals surface area contributed by atoms with Crippen LogP contribution in [0.25, 0.3) is 10.9 Å². The van der Waals surface area contributed by atoms with E-state index in [0.717, 1.165) is 17.0 Å². The van der Waals surface area contributed by atoms with Gasteiger partial charge < -0.3 is 11.1 Å². The Labute approximate surface area is 133 Å². The molecule has 118 valence electrons. The molecule has 0 bridgehead atoms. The summed E-state index contributed by atoms with van der Waals surface area (Å²) in [6.45, 7) is 6.17. The summed E-state index contributed by atoms with van der Waals surface area (Å²) < 4.78 is 0. The van der Waals surface area contributed by atoms with Gasteiger partial charge in [0, 0.05) is 22.7 Å². The number of nitrogens with one attached hydrogen (secondary N) is 2. The molecule has 0 atom stereocenters. The first-order valence-corrected chi connectivity index (χ1v) is 7.23. The number of amides is 1. The highest BCUT2D eigenvalue weighted by Gasteiger charge is 2.17. The molecule has 2 aromatic heterocycles. The number of aromatic amines is 1. The molecule has 7 nitrogen and oxygen atoms in total. The molecule has 0 unspecified atom stereocenters. The van der Waals surface area contributed by atoms with E-state index in [1.54, 1.807) is 12.3 Å². The highest BCUT2D eigenvalue weighted by molar-refractivity contribution is 6.04. The molecular weight excluding hydrogens is 292 g/mol. The highest BCUT2D eigenvalue weighted by Crippen LogP contribution is 2.24. The van der Waals surface area contributed by atoms with E-state index in [-0.39, 0.29) is 11.1 Å². The van der Waals surface area contributed by atoms with Gasteiger partial charge in [0.25, 0.3) is 5.91 Å². The molecule has 2 heterocycles. The molecular formula is C16H18N6O. The number of benzene rings is 1. The fourth-order valence-corrected chi connectivity index (χ4v) is 2.22. The van der Waals surface area contributed by atoms with Crippen LogP contribution in [0, 0.1) is 0 Å². The minimum absolute atomic E-state index is 0.134. The normalized spacial score (nSPS) is 11.6. The number of hydrogen-bond donors (Lipinski definition) is 3. The lowest BCUT2D eigenvalue weighted by Gasteiger charge is -2.17. The number of aromatic nitrogens is 4. The smallest absolute Gasteiger partial charge is 0.269 e. The number of carbonyl (C=O) groups is 1. The van der Waals surface area contributed by atoms with E-state index in [9.17, 15) is 4.79 Å². The number of hydrogen-bond acceptors (Lipinski definition) is 5. The first-order chi connectivity index (χ1) is 10.8. The molecule has 0 spiro atoms. The molecule has 0 fully saturated rings. The van der Waals surface area contributed by atoms with Crippen molar-refractivity contribution in [2.75, 3.05) is 5.32 Å². The van der Waals surface area contributed by atoms with E-state index in [0.29, 0.717) is 11.2 Å². The Kier molecular flexibility index (Phi) is 3.48. The van der Waals surface area contributed by atoms with Crippen molar-refractivity contribution in [3.05, 3.63) is 42.0 Å². The maximum absolute atomic E-state index is 11.4. The van der Waals surface area contributed by atoms with Crippen LogP contribution in [0.3, 0.4) is 0 Å². The van der Waals surface area contributed by atoms with Gasteiger partial charge >= 0.3 is 0 Å². The van der Waals surface area contributed by atoms with Gasteiger partial charge in [0.05, 0.1) is 5.52 Å². The van der Waals surface area contributed by atoms with Crippen LogP contribution >= 0.6 is 0 Å². The van der Waals surface area contributed by atoms with Crippen LogP contribution in [0.5, 0.6) is 0 Å². The third-order valence-electron chi connectivity index (χ3n) is 3.40. The molecule has 0 aliphatic rings. The number of anilines is 2. The number of nitrogens with zero attached hydrogens (tertiary/aromatic N) is 3. The first-order valence-electron chi connectivity index (χ1n) is 7.23. The largest absolute Gasteiger partial charge is 0.364 e. The summed E-state index contributed by atoms with van der Waals surface area (Å²) in [7, 11) is 0. The van der Waals surface area contributed by atoms with E-state index >= 15 is 0 Å². The molecule has 3 aromatic rings. The van der Waals surface area contributed by atoms with Crippen molar-refractivity contribution in [2.45, 2.75) is 26.2 Å². The standard InChI is InChI=1S/C16H18N6O/c1-16(2,3)15-18-7-6-12(20-15)19-9-4-5-11-10(8-9)13(14(17)23)22-21-11/h4-8H,1-3H3,(H2,17,23)(H,21,22)(H,18,19,20). The average molecular weight is 310 g/mol. The Morgan fingerprint density at radius 2 is 2.04 bits per heavy atom. The predicted octanol–water partition coefficient (Wildman–Crippen LogP) is 2.49. The van der Waals surface area contributed by atoms with Gasteiger partial charge in [-0.3, -0.25) is 9.89 Å². The zero-order chi connectivity index (χ0) is 16.6. The SMILES string of the molecule is CC(C)(C)c1nccc(Nc2ccc3[nH]nc(C(N)=O)c3c2)n1. The Morgan fingerprint density at radius 3 is 2.74 bits per heavy atom. The zero-order valence-electron chi connectivity index (χ0n) is 13.2. The van der Waals surface area contributed by atoms with E-state index in [2.05, 4.69) is 46.3 Å². The second-order valence-corrected chi connectivity index (χ2v) is 6.34. The number of fused-ring (bicyclic) bond motifs is 1. The van der Waals surface area contributed by atoms with Gasteiger partial charge in [-0.25, -0.2) is 9.97 Å². The van der Waals surface area contributed by atoms with Gasteiger partial charge in [-0.1, -0.05) is 20.8 Å². The van der Waals surface area contributed by atoms with Crippen molar-refractivity contribution >= 4 is 28.3 Å². The fourth-order valence-electron chi connectivity index (χ4n) is 2.22. The van der Waals surface area contributed by atoms with E-state index < -0.39 is 5.91 Å². The number of carbonyl (C=O) groups excluding carboxylic acids is 1. The maximum atomic E-state index is 11.4. The lowest BCUT2D eigenvalue weighted by Crippen LogP contribution is -2.16. The molecule has 4 N–H and O–H groups in total. The van der Waals surface area contributed by atoms with Crippen molar-refractivity contribution in [1.29, 1.82) is 0 Å². The first kappa shape index (κ1) is 15.0. The lowest BCUT2D eigenvalue weighted by molar-refractivity contribution is 0.0997. The van der Waals surface area contributed by atoms with Gasteiger partial charge in [-0.15, -0.1) is 0 Å². The maximum Gasteiger partial charge on any atom is 0.269 e. The number of rotatable bonds is 3. The lowest BCUT2D eigenvalue weighted by atomic mass is 9.96. The molecule has 1 aromatic carbocycles. The van der Waals surface area contributed by atoms with Crippen LogP contribution in [-0.4, -0.2) is 26.1 Å². The Balaban J connectivity index is 1.95. The Bertz CT molecular complexity index is 878. The fraction of sp³-hybridized carbons (Fsp3) is 0.250. The summed E-state index contributed by atoms with van der Waals surface area (Å²) in [6.07, 6.45) is 1.72. The molecule has 7 heteroatoms. The number of H-pyrrole nitrogens is 1. The second kappa shape index (κ2) is 5.35. The predicted molar refractivity (Wildman–Crippen MR) is 88.6 cm³/mol. The average Bonchev–Trinajstić information content (AvgIpc) is 2.90. The van der Waals surface area contributed by atoms with Crippen LogP contribution in [-0.2, 0) is 5.41 Å². The van der Waals surface area contributed by atoms with E-state index in [1.807, 2.05) is 18.2 Å². The van der Waals surface area contributed by atoms with Crippen LogP contribution < -0.4 is 11.1 Å². The van der Waals surface area contributed by atoms with Crippen LogP contribution in [0.15, 0.2) is 30.5 Å². The van der Waals surface area contributed by atoms with Gasteiger partial charge in [-0.2, -0.15) is 5.10 Å². The Morgan fingerprint density at radius 1 is 1.26 bits per heavy atom. The van der Waals surface area contributed by atoms with Crippen LogP contribution in [0.1, 0.15) is 37.1 Å². The minimum atomic E-state index is -0.564. The summed E-state index contributed by atoms with van der Waals surface area (Å²) in [5.41, 5.74) is 6.97. The number of primary amides is 1. The topological polar surface area (TPSA) is 110 Å². The van der Waals surface area contributed by atoms with Gasteiger partial charge in [0.2, 0.25) is 0 Å².